The number of halogens is 4. The third-order valence-electron chi connectivity index (χ3n) is 5.28. The van der Waals surface area contributed by atoms with Crippen molar-refractivity contribution >= 4 is 29.7 Å². The molecule has 1 atom stereocenters. The molecule has 162 valence electrons. The average Bonchev–Trinajstić information content (AvgIpc) is 3.20. The van der Waals surface area contributed by atoms with Gasteiger partial charge in [-0.15, -0.1) is 0 Å². The van der Waals surface area contributed by atoms with Crippen LogP contribution in [-0.2, 0) is 11.0 Å². The van der Waals surface area contributed by atoms with Gasteiger partial charge in [0.2, 0.25) is 11.9 Å². The summed E-state index contributed by atoms with van der Waals surface area (Å²) in [7, 11) is 0. The first-order chi connectivity index (χ1) is 15.3. The zero-order valence-electron chi connectivity index (χ0n) is 16.4. The first-order valence-electron chi connectivity index (χ1n) is 9.67. The Kier molecular flexibility index (Phi) is 4.65. The van der Waals surface area contributed by atoms with Crippen LogP contribution in [0.5, 0.6) is 5.75 Å². The number of rotatable bonds is 2. The van der Waals surface area contributed by atoms with E-state index in [-0.39, 0.29) is 24.6 Å². The van der Waals surface area contributed by atoms with Crippen LogP contribution in [0.15, 0.2) is 64.3 Å². The van der Waals surface area contributed by atoms with Crippen molar-refractivity contribution in [3.05, 3.63) is 71.3 Å². The van der Waals surface area contributed by atoms with Crippen molar-refractivity contribution in [3.8, 4) is 5.75 Å². The Morgan fingerprint density at radius 2 is 1.94 bits per heavy atom. The number of carbonyl (C=O) groups excluding carboxylic acids is 1. The van der Waals surface area contributed by atoms with Gasteiger partial charge in [0, 0.05) is 11.6 Å². The molecule has 0 spiro atoms. The number of benzene rings is 2. The van der Waals surface area contributed by atoms with Gasteiger partial charge >= 0.3 is 6.18 Å². The zero-order valence-corrected chi connectivity index (χ0v) is 16.4. The van der Waals surface area contributed by atoms with Crippen molar-refractivity contribution in [1.29, 1.82) is 0 Å². The second kappa shape index (κ2) is 7.40. The van der Waals surface area contributed by atoms with Crippen LogP contribution in [0.25, 0.3) is 0 Å². The van der Waals surface area contributed by atoms with Crippen molar-refractivity contribution in [2.75, 3.05) is 18.1 Å². The van der Waals surface area contributed by atoms with E-state index in [4.69, 9.17) is 4.74 Å². The lowest BCUT2D eigenvalue weighted by molar-refractivity contribution is -0.472. The van der Waals surface area contributed by atoms with E-state index in [0.29, 0.717) is 17.0 Å². The summed E-state index contributed by atoms with van der Waals surface area (Å²) in [5, 5.41) is 0. The van der Waals surface area contributed by atoms with Crippen LogP contribution in [0.3, 0.4) is 0 Å². The SMILES string of the molecule is O=C(C1=C[N+]2=C(c3ccc(C(F)(F)F)cc3)C=NC2C=N1)N1CCOc2cc(F)ccc21. The lowest BCUT2D eigenvalue weighted by Crippen LogP contribution is -2.40. The van der Waals surface area contributed by atoms with E-state index in [1.807, 2.05) is 0 Å². The molecule has 0 bridgehead atoms. The minimum absolute atomic E-state index is 0.119. The van der Waals surface area contributed by atoms with Crippen molar-refractivity contribution in [1.82, 2.24) is 0 Å². The van der Waals surface area contributed by atoms with Gasteiger partial charge in [-0.25, -0.2) is 14.4 Å². The minimum Gasteiger partial charge on any atom is -0.489 e. The number of alkyl halides is 3. The number of nitrogens with zero attached hydrogens (tertiary/aromatic N) is 4. The first-order valence-corrected chi connectivity index (χ1v) is 9.67. The molecule has 0 radical (unpaired) electrons. The predicted octanol–water partition coefficient (Wildman–Crippen LogP) is 3.41. The molecule has 1 amide bonds. The molecular weight excluding hydrogens is 428 g/mol. The summed E-state index contributed by atoms with van der Waals surface area (Å²) >= 11 is 0. The third kappa shape index (κ3) is 3.47. The maximum atomic E-state index is 13.5. The third-order valence-corrected chi connectivity index (χ3v) is 5.28. The number of carbonyl (C=O) groups is 1. The Hall–Kier alpha value is -3.82. The predicted molar refractivity (Wildman–Crippen MR) is 109 cm³/mol. The second-order valence-electron chi connectivity index (χ2n) is 7.27. The van der Waals surface area contributed by atoms with E-state index in [1.165, 1.54) is 53.9 Å². The molecule has 3 aliphatic rings. The van der Waals surface area contributed by atoms with Gasteiger partial charge in [-0.05, 0) is 36.4 Å². The number of ether oxygens (including phenoxy) is 1. The molecule has 0 saturated carbocycles. The fourth-order valence-corrected chi connectivity index (χ4v) is 3.70. The van der Waals surface area contributed by atoms with Gasteiger partial charge in [-0.1, -0.05) is 0 Å². The first kappa shape index (κ1) is 20.1. The lowest BCUT2D eigenvalue weighted by atomic mass is 10.1. The summed E-state index contributed by atoms with van der Waals surface area (Å²) < 4.78 is 59.2. The number of hydrogen-bond donors (Lipinski definition) is 0. The van der Waals surface area contributed by atoms with Gasteiger partial charge in [-0.2, -0.15) is 17.7 Å². The Labute approximate surface area is 179 Å². The number of aliphatic imine (C=N–C) groups is 2. The summed E-state index contributed by atoms with van der Waals surface area (Å²) in [6, 6.07) is 8.65. The molecule has 0 aromatic heterocycles. The van der Waals surface area contributed by atoms with Gasteiger partial charge in [0.25, 0.3) is 12.1 Å². The summed E-state index contributed by atoms with van der Waals surface area (Å²) in [6.45, 7) is 0.470. The van der Waals surface area contributed by atoms with Crippen molar-refractivity contribution in [2.45, 2.75) is 12.3 Å². The molecule has 32 heavy (non-hydrogen) atoms. The largest absolute Gasteiger partial charge is 0.489 e. The molecule has 2 aromatic carbocycles. The number of fused-ring (bicyclic) bond motifs is 2. The second-order valence-corrected chi connectivity index (χ2v) is 7.27. The van der Waals surface area contributed by atoms with Gasteiger partial charge in [0.1, 0.15) is 24.4 Å². The van der Waals surface area contributed by atoms with Crippen LogP contribution in [-0.4, -0.2) is 47.9 Å². The van der Waals surface area contributed by atoms with Crippen LogP contribution in [0.2, 0.25) is 0 Å². The normalized spacial score (nSPS) is 19.4. The minimum atomic E-state index is -4.43. The molecule has 6 nitrogen and oxygen atoms in total. The molecule has 2 aromatic rings. The van der Waals surface area contributed by atoms with E-state index >= 15 is 0 Å². The van der Waals surface area contributed by atoms with Crippen LogP contribution < -0.4 is 9.64 Å². The molecule has 1 unspecified atom stereocenters. The molecular formula is C22H15F4N4O2+. The Balaban J connectivity index is 1.48. The molecule has 5 rings (SSSR count). The highest BCUT2D eigenvalue weighted by atomic mass is 19.4. The average molecular weight is 443 g/mol. The van der Waals surface area contributed by atoms with Gasteiger partial charge in [-0.3, -0.25) is 9.69 Å². The van der Waals surface area contributed by atoms with Crippen molar-refractivity contribution in [2.24, 2.45) is 9.98 Å². The fraction of sp³-hybridized carbons (Fsp3) is 0.182. The maximum Gasteiger partial charge on any atom is 0.416 e. The van der Waals surface area contributed by atoms with Crippen LogP contribution in [0.1, 0.15) is 11.1 Å². The van der Waals surface area contributed by atoms with E-state index < -0.39 is 29.6 Å². The molecule has 0 saturated heterocycles. The topological polar surface area (TPSA) is 57.3 Å². The molecule has 3 heterocycles. The quantitative estimate of drug-likeness (QED) is 0.528. The number of amides is 1. The standard InChI is InChI=1S/C22H15F4N4O2/c23-15-5-6-17-19(9-15)32-8-7-29(17)21(31)16-12-30-18(10-28-20(30)11-27-16)13-1-3-14(4-2-13)22(24,25)26/h1-6,9-12,20H,7-8H2/q+1. The Bertz CT molecular complexity index is 1230. The van der Waals surface area contributed by atoms with Crippen molar-refractivity contribution in [3.63, 3.8) is 0 Å². The summed E-state index contributed by atoms with van der Waals surface area (Å²) in [4.78, 5) is 23.2. The van der Waals surface area contributed by atoms with Crippen LogP contribution >= 0.6 is 0 Å². The van der Waals surface area contributed by atoms with Crippen LogP contribution in [0.4, 0.5) is 23.2 Å². The highest BCUT2D eigenvalue weighted by Gasteiger charge is 2.36. The van der Waals surface area contributed by atoms with E-state index in [2.05, 4.69) is 9.98 Å². The molecule has 3 aliphatic heterocycles. The zero-order chi connectivity index (χ0) is 22.5. The highest BCUT2D eigenvalue weighted by Crippen LogP contribution is 2.33. The smallest absolute Gasteiger partial charge is 0.416 e. The maximum absolute atomic E-state index is 13.5. The fourth-order valence-electron chi connectivity index (χ4n) is 3.70. The number of anilines is 1. The summed E-state index contributed by atoms with van der Waals surface area (Å²) in [5.41, 5.74) is 0.876. The van der Waals surface area contributed by atoms with Crippen LogP contribution in [0, 0.1) is 5.82 Å². The monoisotopic (exact) mass is 443 g/mol. The summed E-state index contributed by atoms with van der Waals surface area (Å²) in [5.74, 6) is -0.611. The van der Waals surface area contributed by atoms with E-state index in [9.17, 15) is 22.4 Å². The molecule has 0 aliphatic carbocycles. The Morgan fingerprint density at radius 1 is 1.16 bits per heavy atom. The Morgan fingerprint density at radius 3 is 2.69 bits per heavy atom. The van der Waals surface area contributed by atoms with Gasteiger partial charge in [0.15, 0.2) is 5.70 Å². The van der Waals surface area contributed by atoms with Crippen molar-refractivity contribution < 1.29 is 31.7 Å². The highest BCUT2D eigenvalue weighted by molar-refractivity contribution is 6.37. The van der Waals surface area contributed by atoms with Gasteiger partial charge < -0.3 is 4.74 Å². The van der Waals surface area contributed by atoms with E-state index in [0.717, 1.165) is 12.1 Å². The number of hydrogen-bond acceptors (Lipinski definition) is 4. The lowest BCUT2D eigenvalue weighted by Gasteiger charge is -2.29. The van der Waals surface area contributed by atoms with Gasteiger partial charge in [0.05, 0.1) is 24.0 Å². The molecule has 10 heteroatoms. The summed E-state index contributed by atoms with van der Waals surface area (Å²) in [6.07, 6.45) is -0.367. The molecule has 0 fully saturated rings. The molecule has 0 N–H and O–H groups in total. The van der Waals surface area contributed by atoms with E-state index in [1.54, 1.807) is 4.58 Å².